The Hall–Kier alpha value is -2.37. The quantitative estimate of drug-likeness (QED) is 0.655. The van der Waals surface area contributed by atoms with Crippen LogP contribution in [0.1, 0.15) is 26.3 Å². The maximum Gasteiger partial charge on any atom is 0.189 e. The van der Waals surface area contributed by atoms with E-state index >= 15 is 0 Å². The normalized spacial score (nSPS) is 12.4. The molecule has 0 fully saturated rings. The number of rotatable bonds is 3. The van der Waals surface area contributed by atoms with Crippen molar-refractivity contribution in [1.29, 1.82) is 0 Å². The highest BCUT2D eigenvalue weighted by Crippen LogP contribution is 2.07. The van der Waals surface area contributed by atoms with Gasteiger partial charge < -0.3 is 11.1 Å². The van der Waals surface area contributed by atoms with E-state index in [-0.39, 0.29) is 5.54 Å². The van der Waals surface area contributed by atoms with Crippen molar-refractivity contribution in [1.82, 2.24) is 20.1 Å². The molecule has 0 aliphatic heterocycles. The molecular weight excluding hydrogens is 252 g/mol. The molecule has 2 heterocycles. The van der Waals surface area contributed by atoms with Crippen LogP contribution in [0.15, 0.2) is 41.8 Å². The Balaban J connectivity index is 2.07. The van der Waals surface area contributed by atoms with E-state index in [9.17, 15) is 0 Å². The van der Waals surface area contributed by atoms with Crippen LogP contribution in [0.2, 0.25) is 0 Å². The Morgan fingerprint density at radius 2 is 2.20 bits per heavy atom. The van der Waals surface area contributed by atoms with Gasteiger partial charge >= 0.3 is 0 Å². The van der Waals surface area contributed by atoms with E-state index in [0.29, 0.717) is 12.5 Å². The Labute approximate surface area is 118 Å². The molecule has 0 spiro atoms. The van der Waals surface area contributed by atoms with E-state index in [4.69, 9.17) is 5.73 Å². The van der Waals surface area contributed by atoms with Gasteiger partial charge in [-0.3, -0.25) is 0 Å². The van der Waals surface area contributed by atoms with Crippen LogP contribution < -0.4 is 11.1 Å². The molecule has 0 unspecified atom stereocenters. The van der Waals surface area contributed by atoms with Gasteiger partial charge in [0.2, 0.25) is 0 Å². The minimum Gasteiger partial charge on any atom is -0.370 e. The van der Waals surface area contributed by atoms with Crippen molar-refractivity contribution in [2.75, 3.05) is 0 Å². The first-order chi connectivity index (χ1) is 9.44. The van der Waals surface area contributed by atoms with Gasteiger partial charge in [0.25, 0.3) is 0 Å². The summed E-state index contributed by atoms with van der Waals surface area (Å²) in [6.45, 7) is 6.62. The average molecular weight is 272 g/mol. The topological polar surface area (TPSA) is 81.1 Å². The molecule has 0 aliphatic rings. The summed E-state index contributed by atoms with van der Waals surface area (Å²) in [6.07, 6.45) is 5.32. The number of nitrogens with one attached hydrogen (secondary N) is 1. The Bertz CT molecular complexity index is 580. The number of pyridine rings is 1. The average Bonchev–Trinajstić information content (AvgIpc) is 2.88. The van der Waals surface area contributed by atoms with E-state index in [0.717, 1.165) is 11.4 Å². The van der Waals surface area contributed by atoms with Crippen molar-refractivity contribution in [3.05, 3.63) is 42.4 Å². The zero-order valence-corrected chi connectivity index (χ0v) is 12.0. The van der Waals surface area contributed by atoms with Gasteiger partial charge in [-0.25, -0.2) is 14.7 Å². The van der Waals surface area contributed by atoms with Crippen molar-refractivity contribution in [2.24, 2.45) is 10.7 Å². The Morgan fingerprint density at radius 1 is 1.40 bits per heavy atom. The zero-order chi connectivity index (χ0) is 14.6. The van der Waals surface area contributed by atoms with E-state index in [2.05, 4.69) is 20.4 Å². The summed E-state index contributed by atoms with van der Waals surface area (Å²) >= 11 is 0. The fourth-order valence-electron chi connectivity index (χ4n) is 1.69. The van der Waals surface area contributed by atoms with Crippen LogP contribution >= 0.6 is 0 Å². The smallest absolute Gasteiger partial charge is 0.189 e. The van der Waals surface area contributed by atoms with Gasteiger partial charge in [0.05, 0.1) is 6.54 Å². The molecule has 0 radical (unpaired) electrons. The molecule has 2 aromatic heterocycles. The molecule has 3 N–H and O–H groups in total. The lowest BCUT2D eigenvalue weighted by Gasteiger charge is -2.20. The first kappa shape index (κ1) is 14.0. The first-order valence-corrected chi connectivity index (χ1v) is 6.47. The molecule has 0 amide bonds. The molecule has 2 rings (SSSR count). The maximum atomic E-state index is 5.85. The molecule has 0 bridgehead atoms. The molecule has 2 aromatic rings. The van der Waals surface area contributed by atoms with E-state index < -0.39 is 0 Å². The zero-order valence-electron chi connectivity index (χ0n) is 12.0. The van der Waals surface area contributed by atoms with E-state index in [1.807, 2.05) is 45.2 Å². The number of hydrogen-bond acceptors (Lipinski definition) is 3. The second kappa shape index (κ2) is 5.73. The van der Waals surface area contributed by atoms with Gasteiger partial charge in [-0.05, 0) is 44.5 Å². The van der Waals surface area contributed by atoms with Gasteiger partial charge in [0.15, 0.2) is 11.8 Å². The highest BCUT2D eigenvalue weighted by Gasteiger charge is 2.09. The summed E-state index contributed by atoms with van der Waals surface area (Å²) in [5.74, 6) is 1.21. The molecule has 0 atom stereocenters. The van der Waals surface area contributed by atoms with E-state index in [1.54, 1.807) is 17.1 Å². The van der Waals surface area contributed by atoms with Crippen LogP contribution in [0.4, 0.5) is 0 Å². The summed E-state index contributed by atoms with van der Waals surface area (Å²) in [4.78, 5) is 8.60. The number of hydrogen-bond donors (Lipinski definition) is 2. The molecule has 0 aliphatic carbocycles. The number of nitrogens with zero attached hydrogens (tertiary/aromatic N) is 4. The minimum absolute atomic E-state index is 0.0912. The van der Waals surface area contributed by atoms with Gasteiger partial charge in [0, 0.05) is 24.1 Å². The van der Waals surface area contributed by atoms with Crippen molar-refractivity contribution < 1.29 is 0 Å². The van der Waals surface area contributed by atoms with Crippen LogP contribution in [0.5, 0.6) is 0 Å². The molecule has 0 aromatic carbocycles. The summed E-state index contributed by atoms with van der Waals surface area (Å²) in [7, 11) is 0. The predicted octanol–water partition coefficient (Wildman–Crippen LogP) is 1.47. The lowest BCUT2D eigenvalue weighted by molar-refractivity contribution is 0.508. The van der Waals surface area contributed by atoms with Crippen molar-refractivity contribution in [2.45, 2.75) is 32.9 Å². The van der Waals surface area contributed by atoms with Crippen LogP contribution in [-0.2, 0) is 6.54 Å². The van der Waals surface area contributed by atoms with Gasteiger partial charge in [-0.1, -0.05) is 0 Å². The molecule has 0 saturated carbocycles. The van der Waals surface area contributed by atoms with Gasteiger partial charge in [-0.15, -0.1) is 0 Å². The van der Waals surface area contributed by atoms with Crippen LogP contribution in [-0.4, -0.2) is 26.3 Å². The van der Waals surface area contributed by atoms with Crippen LogP contribution in [0.3, 0.4) is 0 Å². The SMILES string of the molecule is CC(C)(C)NC(N)=NCc1ccnc(-n2cccn2)c1. The maximum absolute atomic E-state index is 5.85. The Morgan fingerprint density at radius 3 is 2.85 bits per heavy atom. The Kier molecular flexibility index (Phi) is 4.02. The van der Waals surface area contributed by atoms with Crippen molar-refractivity contribution in [3.63, 3.8) is 0 Å². The third-order valence-corrected chi connectivity index (χ3v) is 2.48. The lowest BCUT2D eigenvalue weighted by Crippen LogP contribution is -2.44. The monoisotopic (exact) mass is 272 g/mol. The van der Waals surface area contributed by atoms with Crippen LogP contribution in [0.25, 0.3) is 5.82 Å². The summed E-state index contributed by atoms with van der Waals surface area (Å²) < 4.78 is 1.71. The number of guanidine groups is 1. The summed E-state index contributed by atoms with van der Waals surface area (Å²) in [6, 6.07) is 5.72. The van der Waals surface area contributed by atoms with Crippen LogP contribution in [0, 0.1) is 0 Å². The lowest BCUT2D eigenvalue weighted by atomic mass is 10.1. The van der Waals surface area contributed by atoms with Gasteiger partial charge in [-0.2, -0.15) is 5.10 Å². The fourth-order valence-corrected chi connectivity index (χ4v) is 1.69. The summed E-state index contributed by atoms with van der Waals surface area (Å²) in [5.41, 5.74) is 6.79. The second-order valence-electron chi connectivity index (χ2n) is 5.55. The third kappa shape index (κ3) is 4.08. The predicted molar refractivity (Wildman–Crippen MR) is 79.6 cm³/mol. The second-order valence-corrected chi connectivity index (χ2v) is 5.55. The minimum atomic E-state index is -0.0912. The molecule has 106 valence electrons. The molecule has 6 nitrogen and oxygen atoms in total. The van der Waals surface area contributed by atoms with E-state index in [1.165, 1.54) is 0 Å². The number of aromatic nitrogens is 3. The first-order valence-electron chi connectivity index (χ1n) is 6.47. The van der Waals surface area contributed by atoms with Gasteiger partial charge in [0.1, 0.15) is 0 Å². The molecular formula is C14H20N6. The molecule has 20 heavy (non-hydrogen) atoms. The third-order valence-electron chi connectivity index (χ3n) is 2.48. The molecule has 6 heteroatoms. The fraction of sp³-hybridized carbons (Fsp3) is 0.357. The number of nitrogens with two attached hydrogens (primary N) is 1. The van der Waals surface area contributed by atoms with Crippen molar-refractivity contribution >= 4 is 5.96 Å². The highest BCUT2D eigenvalue weighted by molar-refractivity contribution is 5.78. The molecule has 0 saturated heterocycles. The summed E-state index contributed by atoms with van der Waals surface area (Å²) in [5, 5.41) is 7.28. The standard InChI is InChI=1S/C14H20N6/c1-14(2,3)19-13(15)17-10-11-5-7-16-12(9-11)20-8-4-6-18-20/h4-9H,10H2,1-3H3,(H3,15,17,19). The largest absolute Gasteiger partial charge is 0.370 e. The number of aliphatic imine (C=N–C) groups is 1. The van der Waals surface area contributed by atoms with Crippen molar-refractivity contribution in [3.8, 4) is 5.82 Å². The highest BCUT2D eigenvalue weighted by atomic mass is 15.3.